The van der Waals surface area contributed by atoms with E-state index in [9.17, 15) is 4.79 Å². The molecule has 0 aromatic heterocycles. The summed E-state index contributed by atoms with van der Waals surface area (Å²) in [5, 5.41) is 0. The molecular weight excluding hydrogens is 324 g/mol. The Morgan fingerprint density at radius 1 is 1.12 bits per heavy atom. The van der Waals surface area contributed by atoms with Gasteiger partial charge in [0.2, 0.25) is 0 Å². The van der Waals surface area contributed by atoms with Crippen LogP contribution in [0.15, 0.2) is 47.6 Å². The third kappa shape index (κ3) is 3.87. The molecule has 3 nitrogen and oxygen atoms in total. The first-order valence-corrected chi connectivity index (χ1v) is 9.51. The molecule has 3 rings (SSSR count). The van der Waals surface area contributed by atoms with Crippen molar-refractivity contribution in [3.05, 3.63) is 53.1 Å². The highest BCUT2D eigenvalue weighted by molar-refractivity contribution is 5.89. The Labute approximate surface area is 157 Å². The van der Waals surface area contributed by atoms with Crippen LogP contribution in [0.4, 0.5) is 0 Å². The summed E-state index contributed by atoms with van der Waals surface area (Å²) in [4.78, 5) is 12.7. The van der Waals surface area contributed by atoms with Crippen LogP contribution in [0.5, 0.6) is 5.75 Å². The van der Waals surface area contributed by atoms with Crippen LogP contribution in [0, 0.1) is 17.3 Å². The Balaban J connectivity index is 1.81. The number of fused-ring (bicyclic) bond motifs is 1. The third-order valence-electron chi connectivity index (χ3n) is 6.00. The molecule has 3 heteroatoms. The first-order valence-electron chi connectivity index (χ1n) is 9.51. The van der Waals surface area contributed by atoms with E-state index in [4.69, 9.17) is 9.47 Å². The summed E-state index contributed by atoms with van der Waals surface area (Å²) in [6, 6.07) is 7.13. The Hall–Kier alpha value is -2.03. The fourth-order valence-electron chi connectivity index (χ4n) is 4.26. The maximum atomic E-state index is 12.7. The highest BCUT2D eigenvalue weighted by Crippen LogP contribution is 2.62. The van der Waals surface area contributed by atoms with Gasteiger partial charge in [0, 0.05) is 12.3 Å². The van der Waals surface area contributed by atoms with E-state index in [2.05, 4.69) is 39.8 Å². The largest absolute Gasteiger partial charge is 0.497 e. The lowest BCUT2D eigenvalue weighted by molar-refractivity contribution is 0.0214. The zero-order valence-electron chi connectivity index (χ0n) is 16.5. The number of benzene rings is 1. The monoisotopic (exact) mass is 354 g/mol. The minimum Gasteiger partial charge on any atom is -0.497 e. The summed E-state index contributed by atoms with van der Waals surface area (Å²) < 4.78 is 11.2. The lowest BCUT2D eigenvalue weighted by atomic mass is 9.98. The van der Waals surface area contributed by atoms with Crippen molar-refractivity contribution >= 4 is 5.97 Å². The Morgan fingerprint density at radius 2 is 1.81 bits per heavy atom. The first kappa shape index (κ1) is 18.8. The molecule has 2 aliphatic carbocycles. The molecule has 1 aromatic carbocycles. The summed E-state index contributed by atoms with van der Waals surface area (Å²) in [6.45, 7) is 8.95. The van der Waals surface area contributed by atoms with E-state index < -0.39 is 0 Å². The summed E-state index contributed by atoms with van der Waals surface area (Å²) in [6.07, 6.45) is 7.62. The van der Waals surface area contributed by atoms with Crippen LogP contribution >= 0.6 is 0 Å². The molecule has 2 aliphatic rings. The van der Waals surface area contributed by atoms with Crippen molar-refractivity contribution < 1.29 is 14.3 Å². The second kappa shape index (κ2) is 7.30. The molecule has 1 saturated carbocycles. The molecule has 0 aliphatic heterocycles. The van der Waals surface area contributed by atoms with Gasteiger partial charge >= 0.3 is 5.97 Å². The second-order valence-corrected chi connectivity index (χ2v) is 8.35. The number of methoxy groups -OCH3 is 1. The van der Waals surface area contributed by atoms with Gasteiger partial charge in [-0.05, 0) is 62.3 Å². The van der Waals surface area contributed by atoms with Gasteiger partial charge < -0.3 is 9.47 Å². The molecule has 0 saturated heterocycles. The van der Waals surface area contributed by atoms with Gasteiger partial charge in [0.25, 0.3) is 0 Å². The summed E-state index contributed by atoms with van der Waals surface area (Å²) in [5.41, 5.74) is 3.51. The minimum absolute atomic E-state index is 0.0806. The highest BCUT2D eigenvalue weighted by Gasteiger charge is 2.60. The van der Waals surface area contributed by atoms with Crippen molar-refractivity contribution in [3.63, 3.8) is 0 Å². The Kier molecular flexibility index (Phi) is 5.27. The average Bonchev–Trinajstić information content (AvgIpc) is 3.14. The highest BCUT2D eigenvalue weighted by atomic mass is 16.5. The van der Waals surface area contributed by atoms with E-state index in [0.29, 0.717) is 17.4 Å². The molecule has 3 unspecified atom stereocenters. The number of hydrogen-bond acceptors (Lipinski definition) is 3. The van der Waals surface area contributed by atoms with Gasteiger partial charge in [-0.3, -0.25) is 0 Å². The van der Waals surface area contributed by atoms with Crippen molar-refractivity contribution in [1.82, 2.24) is 0 Å². The smallest absolute Gasteiger partial charge is 0.338 e. The predicted molar refractivity (Wildman–Crippen MR) is 104 cm³/mol. The Bertz CT molecular complexity index is 724. The lowest BCUT2D eigenvalue weighted by Crippen LogP contribution is -2.23. The fourth-order valence-corrected chi connectivity index (χ4v) is 4.26. The predicted octanol–water partition coefficient (Wildman–Crippen LogP) is 5.57. The number of carbonyl (C=O) groups excluding carboxylic acids is 1. The van der Waals surface area contributed by atoms with E-state index in [1.165, 1.54) is 11.1 Å². The third-order valence-corrected chi connectivity index (χ3v) is 6.00. The molecular formula is C23H30O3. The van der Waals surface area contributed by atoms with Crippen LogP contribution in [0.3, 0.4) is 0 Å². The van der Waals surface area contributed by atoms with Crippen LogP contribution in [0.1, 0.15) is 57.3 Å². The van der Waals surface area contributed by atoms with Gasteiger partial charge in [0.15, 0.2) is 0 Å². The zero-order valence-corrected chi connectivity index (χ0v) is 16.5. The topological polar surface area (TPSA) is 35.5 Å². The van der Waals surface area contributed by atoms with Gasteiger partial charge in [-0.1, -0.05) is 37.1 Å². The number of esters is 1. The van der Waals surface area contributed by atoms with Gasteiger partial charge in [-0.25, -0.2) is 4.79 Å². The molecule has 3 atom stereocenters. The van der Waals surface area contributed by atoms with Crippen LogP contribution in [0.25, 0.3) is 0 Å². The van der Waals surface area contributed by atoms with Crippen LogP contribution in [-0.4, -0.2) is 19.2 Å². The van der Waals surface area contributed by atoms with Crippen LogP contribution in [-0.2, 0) is 4.74 Å². The standard InChI is InChI=1S/C23H30O3/c1-15-7-6-8-16(2)14-20(21-19(13-15)23(21,3)4)26-22(24)17-9-11-18(25-5)12-10-17/h8-13,19-21H,6-7,14H2,1-5H3. The molecule has 140 valence electrons. The maximum Gasteiger partial charge on any atom is 0.338 e. The second-order valence-electron chi connectivity index (χ2n) is 8.35. The van der Waals surface area contributed by atoms with Crippen LogP contribution in [0.2, 0.25) is 0 Å². The molecule has 0 heterocycles. The number of carbonyl (C=O) groups is 1. The van der Waals surface area contributed by atoms with Gasteiger partial charge in [0.05, 0.1) is 12.7 Å². The fraction of sp³-hybridized carbons (Fsp3) is 0.522. The van der Waals surface area contributed by atoms with Crippen LogP contribution < -0.4 is 4.74 Å². The molecule has 0 N–H and O–H groups in total. The summed E-state index contributed by atoms with van der Waals surface area (Å²) in [7, 11) is 1.62. The molecule has 0 spiro atoms. The maximum absolute atomic E-state index is 12.7. The van der Waals surface area contributed by atoms with E-state index in [0.717, 1.165) is 25.0 Å². The normalized spacial score (nSPS) is 27.5. The molecule has 0 amide bonds. The zero-order chi connectivity index (χ0) is 18.9. The van der Waals surface area contributed by atoms with Gasteiger partial charge in [-0.15, -0.1) is 0 Å². The number of ether oxygens (including phenoxy) is 2. The average molecular weight is 354 g/mol. The van der Waals surface area contributed by atoms with Crippen molar-refractivity contribution in [2.45, 2.75) is 53.1 Å². The van der Waals surface area contributed by atoms with Crippen molar-refractivity contribution in [2.24, 2.45) is 17.3 Å². The van der Waals surface area contributed by atoms with E-state index >= 15 is 0 Å². The quantitative estimate of drug-likeness (QED) is 0.526. The SMILES string of the molecule is COc1ccc(C(=O)OC2CC(C)=CCCC(C)=CC3C2C3(C)C)cc1. The van der Waals surface area contributed by atoms with E-state index in [-0.39, 0.29) is 17.5 Å². The molecule has 1 aromatic rings. The van der Waals surface area contributed by atoms with Crippen molar-refractivity contribution in [2.75, 3.05) is 7.11 Å². The molecule has 1 fully saturated rings. The number of rotatable bonds is 3. The lowest BCUT2D eigenvalue weighted by Gasteiger charge is -2.21. The molecule has 26 heavy (non-hydrogen) atoms. The molecule has 0 bridgehead atoms. The summed E-state index contributed by atoms with van der Waals surface area (Å²) >= 11 is 0. The van der Waals surface area contributed by atoms with Gasteiger partial charge in [0.1, 0.15) is 11.9 Å². The van der Waals surface area contributed by atoms with Crippen molar-refractivity contribution in [1.29, 1.82) is 0 Å². The Morgan fingerprint density at radius 3 is 2.46 bits per heavy atom. The number of allylic oxidation sites excluding steroid dienone is 3. The molecule has 0 radical (unpaired) electrons. The van der Waals surface area contributed by atoms with Gasteiger partial charge in [-0.2, -0.15) is 0 Å². The minimum atomic E-state index is -0.246. The first-order chi connectivity index (χ1) is 12.3. The van der Waals surface area contributed by atoms with E-state index in [1.54, 1.807) is 31.4 Å². The van der Waals surface area contributed by atoms with E-state index in [1.807, 2.05) is 0 Å². The van der Waals surface area contributed by atoms with Crippen molar-refractivity contribution in [3.8, 4) is 5.75 Å². The summed E-state index contributed by atoms with van der Waals surface area (Å²) in [5.74, 6) is 1.36. The number of hydrogen-bond donors (Lipinski definition) is 0.